The van der Waals surface area contributed by atoms with Gasteiger partial charge in [-0.15, -0.1) is 0 Å². The molecule has 86 valence electrons. The smallest absolute Gasteiger partial charge is 0.339 e. The van der Waals surface area contributed by atoms with E-state index in [1.165, 1.54) is 0 Å². The molecule has 0 aliphatic heterocycles. The van der Waals surface area contributed by atoms with E-state index < -0.39 is 18.5 Å². The van der Waals surface area contributed by atoms with Crippen LogP contribution in [0.3, 0.4) is 0 Å². The quantitative estimate of drug-likeness (QED) is 0.843. The van der Waals surface area contributed by atoms with E-state index in [1.807, 2.05) is 13.8 Å². The van der Waals surface area contributed by atoms with Gasteiger partial charge in [0.2, 0.25) is 5.89 Å². The summed E-state index contributed by atoms with van der Waals surface area (Å²) in [5.74, 6) is -0.161. The van der Waals surface area contributed by atoms with E-state index in [-0.39, 0.29) is 11.9 Å². The molecule has 0 saturated carbocycles. The van der Waals surface area contributed by atoms with Gasteiger partial charge in [-0.3, -0.25) is 0 Å². The zero-order valence-corrected chi connectivity index (χ0v) is 8.43. The SMILES string of the molecule is CC(C)NCc1noc(CC(F)(F)F)n1. The van der Waals surface area contributed by atoms with Gasteiger partial charge in [0.15, 0.2) is 5.82 Å². The second-order valence-corrected chi connectivity index (χ2v) is 3.43. The summed E-state index contributed by atoms with van der Waals surface area (Å²) in [6.07, 6.45) is -5.49. The Morgan fingerprint density at radius 1 is 1.40 bits per heavy atom. The minimum atomic E-state index is -4.31. The molecule has 0 saturated heterocycles. The van der Waals surface area contributed by atoms with Crippen LogP contribution in [0.4, 0.5) is 13.2 Å². The topological polar surface area (TPSA) is 51.0 Å². The van der Waals surface area contributed by atoms with Crippen LogP contribution in [0, 0.1) is 0 Å². The number of aromatic nitrogens is 2. The average Bonchev–Trinajstić information content (AvgIpc) is 2.45. The molecule has 1 N–H and O–H groups in total. The molecular formula is C8H12F3N3O. The molecule has 0 bridgehead atoms. The van der Waals surface area contributed by atoms with Crippen molar-refractivity contribution in [3.05, 3.63) is 11.7 Å². The van der Waals surface area contributed by atoms with E-state index in [9.17, 15) is 13.2 Å². The van der Waals surface area contributed by atoms with E-state index in [4.69, 9.17) is 0 Å². The van der Waals surface area contributed by atoms with Crippen molar-refractivity contribution in [2.75, 3.05) is 0 Å². The molecule has 0 fully saturated rings. The van der Waals surface area contributed by atoms with Crippen molar-refractivity contribution in [3.8, 4) is 0 Å². The van der Waals surface area contributed by atoms with Crippen molar-refractivity contribution in [1.29, 1.82) is 0 Å². The molecule has 1 rings (SSSR count). The molecule has 0 aliphatic rings. The van der Waals surface area contributed by atoms with Gasteiger partial charge in [0, 0.05) is 6.04 Å². The molecule has 4 nitrogen and oxygen atoms in total. The highest BCUT2D eigenvalue weighted by Crippen LogP contribution is 2.19. The lowest BCUT2D eigenvalue weighted by Gasteiger charge is -2.03. The Kier molecular flexibility index (Phi) is 3.67. The predicted octanol–water partition coefficient (Wildman–Crippen LogP) is 1.67. The fourth-order valence-corrected chi connectivity index (χ4v) is 0.901. The fourth-order valence-electron chi connectivity index (χ4n) is 0.901. The van der Waals surface area contributed by atoms with E-state index in [2.05, 4.69) is 20.0 Å². The van der Waals surface area contributed by atoms with Crippen molar-refractivity contribution in [1.82, 2.24) is 15.5 Å². The molecule has 1 heterocycles. The van der Waals surface area contributed by atoms with Gasteiger partial charge in [-0.25, -0.2) is 0 Å². The Bertz CT molecular complexity index is 308. The average molecular weight is 223 g/mol. The second kappa shape index (κ2) is 4.61. The first-order valence-electron chi connectivity index (χ1n) is 4.48. The van der Waals surface area contributed by atoms with Gasteiger partial charge < -0.3 is 9.84 Å². The number of hydrogen-bond acceptors (Lipinski definition) is 4. The first-order chi connectivity index (χ1) is 6.87. The zero-order chi connectivity index (χ0) is 11.5. The highest BCUT2D eigenvalue weighted by molar-refractivity contribution is 4.88. The summed E-state index contributed by atoms with van der Waals surface area (Å²) < 4.78 is 40.2. The minimum absolute atomic E-state index is 0.217. The predicted molar refractivity (Wildman–Crippen MR) is 46.0 cm³/mol. The summed E-state index contributed by atoms with van der Waals surface area (Å²) in [6.45, 7) is 4.13. The van der Waals surface area contributed by atoms with E-state index >= 15 is 0 Å². The van der Waals surface area contributed by atoms with E-state index in [0.29, 0.717) is 6.54 Å². The van der Waals surface area contributed by atoms with Crippen molar-refractivity contribution in [2.24, 2.45) is 0 Å². The van der Waals surface area contributed by atoms with Gasteiger partial charge in [0.25, 0.3) is 0 Å². The van der Waals surface area contributed by atoms with Crippen LogP contribution in [-0.2, 0) is 13.0 Å². The van der Waals surface area contributed by atoms with Gasteiger partial charge >= 0.3 is 6.18 Å². The third-order valence-electron chi connectivity index (χ3n) is 1.53. The van der Waals surface area contributed by atoms with Crippen LogP contribution in [0.15, 0.2) is 4.52 Å². The van der Waals surface area contributed by atoms with Crippen LogP contribution in [0.25, 0.3) is 0 Å². The third-order valence-corrected chi connectivity index (χ3v) is 1.53. The minimum Gasteiger partial charge on any atom is -0.339 e. The molecule has 0 spiro atoms. The molecule has 7 heteroatoms. The first-order valence-corrected chi connectivity index (χ1v) is 4.48. The second-order valence-electron chi connectivity index (χ2n) is 3.43. The number of rotatable bonds is 4. The maximum absolute atomic E-state index is 11.9. The standard InChI is InChI=1S/C8H12F3N3O/c1-5(2)12-4-6-13-7(15-14-6)3-8(9,10)11/h5,12H,3-4H2,1-2H3. The van der Waals surface area contributed by atoms with Gasteiger partial charge in [0.05, 0.1) is 6.54 Å². The maximum atomic E-state index is 11.9. The van der Waals surface area contributed by atoms with Gasteiger partial charge in [-0.2, -0.15) is 18.2 Å². The van der Waals surface area contributed by atoms with Crippen LogP contribution in [-0.4, -0.2) is 22.4 Å². The molecular weight excluding hydrogens is 211 g/mol. The molecule has 1 aromatic heterocycles. The van der Waals surface area contributed by atoms with Crippen LogP contribution >= 0.6 is 0 Å². The summed E-state index contributed by atoms with van der Waals surface area (Å²) in [4.78, 5) is 3.61. The van der Waals surface area contributed by atoms with Crippen molar-refractivity contribution in [2.45, 2.75) is 39.0 Å². The summed E-state index contributed by atoms with van der Waals surface area (Å²) in [7, 11) is 0. The lowest BCUT2D eigenvalue weighted by atomic mass is 10.4. The van der Waals surface area contributed by atoms with Gasteiger partial charge in [-0.1, -0.05) is 19.0 Å². The highest BCUT2D eigenvalue weighted by atomic mass is 19.4. The third kappa shape index (κ3) is 4.78. The monoisotopic (exact) mass is 223 g/mol. The van der Waals surface area contributed by atoms with E-state index in [1.54, 1.807) is 0 Å². The summed E-state index contributed by atoms with van der Waals surface area (Å²) >= 11 is 0. The number of nitrogens with one attached hydrogen (secondary N) is 1. The molecule has 0 unspecified atom stereocenters. The summed E-state index contributed by atoms with van der Waals surface area (Å²) in [5, 5.41) is 6.40. The van der Waals surface area contributed by atoms with Crippen molar-refractivity contribution in [3.63, 3.8) is 0 Å². The molecule has 0 radical (unpaired) electrons. The number of hydrogen-bond donors (Lipinski definition) is 1. The van der Waals surface area contributed by atoms with Crippen LogP contribution in [0.1, 0.15) is 25.6 Å². The molecule has 0 aromatic carbocycles. The van der Waals surface area contributed by atoms with Crippen molar-refractivity contribution < 1.29 is 17.7 Å². The zero-order valence-electron chi connectivity index (χ0n) is 8.43. The Morgan fingerprint density at radius 3 is 2.60 bits per heavy atom. The first kappa shape index (κ1) is 12.0. The highest BCUT2D eigenvalue weighted by Gasteiger charge is 2.31. The van der Waals surface area contributed by atoms with Crippen LogP contribution in [0.5, 0.6) is 0 Å². The van der Waals surface area contributed by atoms with Gasteiger partial charge in [-0.05, 0) is 0 Å². The largest absolute Gasteiger partial charge is 0.397 e. The molecule has 0 atom stereocenters. The van der Waals surface area contributed by atoms with Gasteiger partial charge in [0.1, 0.15) is 6.42 Å². The lowest BCUT2D eigenvalue weighted by molar-refractivity contribution is -0.131. The number of halogens is 3. The summed E-state index contributed by atoms with van der Waals surface area (Å²) in [5.41, 5.74) is 0. The Balaban J connectivity index is 2.49. The lowest BCUT2D eigenvalue weighted by Crippen LogP contribution is -2.22. The van der Waals surface area contributed by atoms with Crippen LogP contribution in [0.2, 0.25) is 0 Å². The maximum Gasteiger partial charge on any atom is 0.397 e. The van der Waals surface area contributed by atoms with Crippen molar-refractivity contribution >= 4 is 0 Å². The molecule has 0 amide bonds. The van der Waals surface area contributed by atoms with Crippen LogP contribution < -0.4 is 5.32 Å². The fraction of sp³-hybridized carbons (Fsp3) is 0.750. The molecule has 15 heavy (non-hydrogen) atoms. The Hall–Kier alpha value is -1.11. The Labute approximate surface area is 84.9 Å². The number of nitrogens with zero attached hydrogens (tertiary/aromatic N) is 2. The Morgan fingerprint density at radius 2 is 2.07 bits per heavy atom. The normalized spacial score (nSPS) is 12.4. The molecule has 1 aromatic rings. The molecule has 0 aliphatic carbocycles. The summed E-state index contributed by atoms with van der Waals surface area (Å²) in [6, 6.07) is 0.217. The van der Waals surface area contributed by atoms with E-state index in [0.717, 1.165) is 0 Å². The number of alkyl halides is 3.